The highest BCUT2D eigenvalue weighted by atomic mass is 79.9. The van der Waals surface area contributed by atoms with Gasteiger partial charge in [-0.1, -0.05) is 22.4 Å². The molecule has 2 N–H and O–H groups in total. The Balaban J connectivity index is 2.41. The van der Waals surface area contributed by atoms with Crippen molar-refractivity contribution in [3.63, 3.8) is 0 Å². The smallest absolute Gasteiger partial charge is 0.161 e. The van der Waals surface area contributed by atoms with Gasteiger partial charge in [0, 0.05) is 10.4 Å². The zero-order valence-electron chi connectivity index (χ0n) is 11.1. The van der Waals surface area contributed by atoms with E-state index in [0.717, 1.165) is 29.3 Å². The lowest BCUT2D eigenvalue weighted by Crippen LogP contribution is -2.38. The summed E-state index contributed by atoms with van der Waals surface area (Å²) >= 11 is 3.51. The molecular weight excluding hydrogens is 310 g/mol. The summed E-state index contributed by atoms with van der Waals surface area (Å²) in [5.74, 6) is 1.23. The van der Waals surface area contributed by atoms with Crippen LogP contribution in [0.15, 0.2) is 16.6 Å². The Bertz CT molecular complexity index is 490. The number of ether oxygens (including phenoxy) is 2. The molecule has 1 aromatic rings. The Morgan fingerprint density at radius 2 is 1.84 bits per heavy atom. The van der Waals surface area contributed by atoms with Gasteiger partial charge in [-0.25, -0.2) is 0 Å². The molecule has 0 heterocycles. The molecule has 1 aliphatic carbocycles. The third kappa shape index (κ3) is 2.77. The lowest BCUT2D eigenvalue weighted by molar-refractivity contribution is -0.123. The molecule has 0 aromatic heterocycles. The van der Waals surface area contributed by atoms with Crippen LogP contribution in [0.3, 0.4) is 0 Å². The maximum Gasteiger partial charge on any atom is 0.161 e. The van der Waals surface area contributed by atoms with Crippen molar-refractivity contribution in [1.29, 1.82) is 0 Å². The standard InChI is InChI=1S/C14H18BrNO3/c1-18-12-6-9(10(15)7-13(12)19-2)8-4-3-5-11(16)14(8)17/h6-8,11H,3-5,16H2,1-2H3. The number of hydrogen-bond donors (Lipinski definition) is 1. The molecule has 0 spiro atoms. The maximum absolute atomic E-state index is 12.2. The molecule has 104 valence electrons. The van der Waals surface area contributed by atoms with Crippen LogP contribution in [0.1, 0.15) is 30.7 Å². The molecule has 0 bridgehead atoms. The number of benzene rings is 1. The normalized spacial score (nSPS) is 23.3. The van der Waals surface area contributed by atoms with E-state index in [2.05, 4.69) is 15.9 Å². The highest BCUT2D eigenvalue weighted by Crippen LogP contribution is 2.40. The largest absolute Gasteiger partial charge is 0.493 e. The first-order valence-electron chi connectivity index (χ1n) is 6.29. The number of rotatable bonds is 3. The zero-order valence-corrected chi connectivity index (χ0v) is 12.7. The fourth-order valence-corrected chi connectivity index (χ4v) is 3.13. The van der Waals surface area contributed by atoms with Gasteiger partial charge in [0.15, 0.2) is 17.3 Å². The molecule has 1 fully saturated rings. The van der Waals surface area contributed by atoms with Crippen molar-refractivity contribution < 1.29 is 14.3 Å². The molecular formula is C14H18BrNO3. The number of hydrogen-bond acceptors (Lipinski definition) is 4. The van der Waals surface area contributed by atoms with Crippen molar-refractivity contribution in [2.45, 2.75) is 31.2 Å². The number of carbonyl (C=O) groups excluding carboxylic acids is 1. The third-order valence-corrected chi connectivity index (χ3v) is 4.28. The van der Waals surface area contributed by atoms with Crippen LogP contribution in [0.4, 0.5) is 0 Å². The van der Waals surface area contributed by atoms with E-state index in [4.69, 9.17) is 15.2 Å². The highest BCUT2D eigenvalue weighted by molar-refractivity contribution is 9.10. The monoisotopic (exact) mass is 327 g/mol. The summed E-state index contributed by atoms with van der Waals surface area (Å²) in [6, 6.07) is 3.35. The summed E-state index contributed by atoms with van der Waals surface area (Å²) in [6.07, 6.45) is 2.58. The molecule has 2 unspecified atom stereocenters. The van der Waals surface area contributed by atoms with Gasteiger partial charge in [-0.15, -0.1) is 0 Å². The molecule has 1 aliphatic rings. The summed E-state index contributed by atoms with van der Waals surface area (Å²) < 4.78 is 11.4. The van der Waals surface area contributed by atoms with Gasteiger partial charge in [0.1, 0.15) is 0 Å². The summed E-state index contributed by atoms with van der Waals surface area (Å²) in [4.78, 5) is 12.2. The summed E-state index contributed by atoms with van der Waals surface area (Å²) in [5, 5.41) is 0. The van der Waals surface area contributed by atoms with Gasteiger partial charge >= 0.3 is 0 Å². The van der Waals surface area contributed by atoms with Crippen LogP contribution >= 0.6 is 15.9 Å². The minimum atomic E-state index is -0.348. The molecule has 2 rings (SSSR count). The van der Waals surface area contributed by atoms with Gasteiger partial charge in [-0.2, -0.15) is 0 Å². The van der Waals surface area contributed by atoms with E-state index < -0.39 is 0 Å². The summed E-state index contributed by atoms with van der Waals surface area (Å²) in [7, 11) is 3.18. The molecule has 4 nitrogen and oxygen atoms in total. The molecule has 0 aliphatic heterocycles. The van der Waals surface area contributed by atoms with Crippen molar-refractivity contribution in [2.24, 2.45) is 5.73 Å². The Labute approximate surface area is 121 Å². The van der Waals surface area contributed by atoms with E-state index in [1.165, 1.54) is 0 Å². The number of carbonyl (C=O) groups is 1. The molecule has 2 atom stereocenters. The van der Waals surface area contributed by atoms with Crippen molar-refractivity contribution in [3.8, 4) is 11.5 Å². The Kier molecular flexibility index (Phi) is 4.47. The quantitative estimate of drug-likeness (QED) is 0.927. The molecule has 1 aromatic carbocycles. The lowest BCUT2D eigenvalue weighted by Gasteiger charge is -2.26. The SMILES string of the molecule is COc1cc(Br)c(C2CCCC(N)C2=O)cc1OC. The second kappa shape index (κ2) is 5.92. The van der Waals surface area contributed by atoms with Crippen LogP contribution in [0, 0.1) is 0 Å². The minimum absolute atomic E-state index is 0.110. The van der Waals surface area contributed by atoms with Crippen molar-refractivity contribution in [1.82, 2.24) is 0 Å². The predicted octanol–water partition coefficient (Wildman–Crippen LogP) is 2.63. The lowest BCUT2D eigenvalue weighted by atomic mass is 9.80. The van der Waals surface area contributed by atoms with Gasteiger partial charge in [0.25, 0.3) is 0 Å². The minimum Gasteiger partial charge on any atom is -0.493 e. The number of nitrogens with two attached hydrogens (primary N) is 1. The van der Waals surface area contributed by atoms with E-state index in [-0.39, 0.29) is 17.7 Å². The van der Waals surface area contributed by atoms with E-state index in [0.29, 0.717) is 11.5 Å². The topological polar surface area (TPSA) is 61.5 Å². The van der Waals surface area contributed by atoms with E-state index >= 15 is 0 Å². The summed E-state index contributed by atoms with van der Waals surface area (Å²) in [5.41, 5.74) is 6.79. The fourth-order valence-electron chi connectivity index (χ4n) is 2.53. The Morgan fingerprint density at radius 1 is 1.21 bits per heavy atom. The van der Waals surface area contributed by atoms with Gasteiger partial charge in [-0.3, -0.25) is 4.79 Å². The third-order valence-electron chi connectivity index (χ3n) is 3.60. The predicted molar refractivity (Wildman–Crippen MR) is 76.8 cm³/mol. The van der Waals surface area contributed by atoms with Crippen LogP contribution in [0.2, 0.25) is 0 Å². The van der Waals surface area contributed by atoms with Crippen molar-refractivity contribution in [2.75, 3.05) is 14.2 Å². The molecule has 19 heavy (non-hydrogen) atoms. The maximum atomic E-state index is 12.2. The van der Waals surface area contributed by atoms with Crippen LogP contribution in [-0.4, -0.2) is 26.0 Å². The highest BCUT2D eigenvalue weighted by Gasteiger charge is 2.31. The Morgan fingerprint density at radius 3 is 2.47 bits per heavy atom. The van der Waals surface area contributed by atoms with Gasteiger partial charge in [0.05, 0.1) is 20.3 Å². The average molecular weight is 328 g/mol. The first-order chi connectivity index (χ1) is 9.08. The van der Waals surface area contributed by atoms with Crippen LogP contribution < -0.4 is 15.2 Å². The second-order valence-electron chi connectivity index (χ2n) is 4.72. The number of methoxy groups -OCH3 is 2. The Hall–Kier alpha value is -1.07. The number of Topliss-reactive ketones (excluding diaryl/α,β-unsaturated/α-hetero) is 1. The first kappa shape index (κ1) is 14.3. The second-order valence-corrected chi connectivity index (χ2v) is 5.58. The van der Waals surface area contributed by atoms with Gasteiger partial charge < -0.3 is 15.2 Å². The van der Waals surface area contributed by atoms with Crippen molar-refractivity contribution in [3.05, 3.63) is 22.2 Å². The number of halogens is 1. The van der Waals surface area contributed by atoms with E-state index in [1.54, 1.807) is 14.2 Å². The molecule has 0 saturated heterocycles. The average Bonchev–Trinajstić information content (AvgIpc) is 2.42. The van der Waals surface area contributed by atoms with E-state index in [9.17, 15) is 4.79 Å². The first-order valence-corrected chi connectivity index (χ1v) is 7.08. The van der Waals surface area contributed by atoms with Gasteiger partial charge in [-0.05, 0) is 30.5 Å². The van der Waals surface area contributed by atoms with Crippen LogP contribution in [-0.2, 0) is 4.79 Å². The van der Waals surface area contributed by atoms with E-state index in [1.807, 2.05) is 12.1 Å². The summed E-state index contributed by atoms with van der Waals surface area (Å²) in [6.45, 7) is 0. The molecule has 0 radical (unpaired) electrons. The van der Waals surface area contributed by atoms with Crippen LogP contribution in [0.5, 0.6) is 11.5 Å². The molecule has 1 saturated carbocycles. The van der Waals surface area contributed by atoms with Crippen LogP contribution in [0.25, 0.3) is 0 Å². The molecule has 0 amide bonds. The number of ketones is 1. The molecule has 5 heteroatoms. The van der Waals surface area contributed by atoms with Gasteiger partial charge in [0.2, 0.25) is 0 Å². The fraction of sp³-hybridized carbons (Fsp3) is 0.500. The zero-order chi connectivity index (χ0) is 14.0. The van der Waals surface area contributed by atoms with Crippen molar-refractivity contribution >= 4 is 21.7 Å².